The summed E-state index contributed by atoms with van der Waals surface area (Å²) < 4.78 is 5.54. The molecule has 1 saturated heterocycles. The van der Waals surface area contributed by atoms with Crippen molar-refractivity contribution in [2.45, 2.75) is 38.5 Å². The first-order chi connectivity index (χ1) is 8.69. The van der Waals surface area contributed by atoms with Gasteiger partial charge in [0.25, 0.3) is 0 Å². The van der Waals surface area contributed by atoms with Crippen LogP contribution in [-0.4, -0.2) is 24.7 Å². The van der Waals surface area contributed by atoms with Crippen LogP contribution in [0.1, 0.15) is 24.0 Å². The number of carbonyl (C=O) groups is 1. The maximum absolute atomic E-state index is 11.9. The summed E-state index contributed by atoms with van der Waals surface area (Å²) in [6.07, 6.45) is 1.35. The number of hydrogen-bond donors (Lipinski definition) is 2. The van der Waals surface area contributed by atoms with Crippen molar-refractivity contribution < 1.29 is 9.53 Å². The highest BCUT2D eigenvalue weighted by Crippen LogP contribution is 2.18. The molecule has 1 amide bonds. The lowest BCUT2D eigenvalue weighted by Gasteiger charge is -2.12. The maximum atomic E-state index is 11.9. The predicted octanol–water partition coefficient (Wildman–Crippen LogP) is 1.12. The van der Waals surface area contributed by atoms with Gasteiger partial charge < -0.3 is 15.8 Å². The van der Waals surface area contributed by atoms with Crippen LogP contribution >= 0.6 is 0 Å². The molecule has 18 heavy (non-hydrogen) atoms. The Morgan fingerprint density at radius 3 is 2.72 bits per heavy atom. The van der Waals surface area contributed by atoms with Crippen LogP contribution in [0.25, 0.3) is 0 Å². The minimum absolute atomic E-state index is 0.0356. The zero-order chi connectivity index (χ0) is 13.0. The lowest BCUT2D eigenvalue weighted by Crippen LogP contribution is -2.35. The number of amides is 1. The first-order valence-corrected chi connectivity index (χ1v) is 6.38. The number of hydrogen-bond acceptors (Lipinski definition) is 3. The molecule has 1 aliphatic heterocycles. The topological polar surface area (TPSA) is 64.4 Å². The van der Waals surface area contributed by atoms with Crippen LogP contribution in [0.15, 0.2) is 24.3 Å². The SMILES string of the molecule is Cc1ccc(CNC(=O)C2CCC(CN)O2)cc1. The standard InChI is InChI=1S/C14H20N2O2/c1-10-2-4-11(5-3-10)9-16-14(17)13-7-6-12(8-15)18-13/h2-5,12-13H,6-9,15H2,1H3,(H,16,17). The minimum atomic E-state index is -0.330. The summed E-state index contributed by atoms with van der Waals surface area (Å²) in [5, 5.41) is 2.90. The van der Waals surface area contributed by atoms with E-state index in [1.165, 1.54) is 5.56 Å². The van der Waals surface area contributed by atoms with Gasteiger partial charge in [0.15, 0.2) is 0 Å². The van der Waals surface area contributed by atoms with E-state index >= 15 is 0 Å². The van der Waals surface area contributed by atoms with Gasteiger partial charge in [0.2, 0.25) is 5.91 Å². The Hall–Kier alpha value is -1.39. The van der Waals surface area contributed by atoms with Gasteiger partial charge in [-0.1, -0.05) is 29.8 Å². The normalized spacial score (nSPS) is 23.0. The van der Waals surface area contributed by atoms with E-state index in [0.29, 0.717) is 13.1 Å². The van der Waals surface area contributed by atoms with Gasteiger partial charge in [0.1, 0.15) is 6.10 Å². The van der Waals surface area contributed by atoms with Gasteiger partial charge in [-0.2, -0.15) is 0 Å². The number of aryl methyl sites for hydroxylation is 1. The molecule has 98 valence electrons. The maximum Gasteiger partial charge on any atom is 0.249 e. The highest BCUT2D eigenvalue weighted by molar-refractivity contribution is 5.81. The van der Waals surface area contributed by atoms with Gasteiger partial charge in [-0.3, -0.25) is 4.79 Å². The first-order valence-electron chi connectivity index (χ1n) is 6.38. The van der Waals surface area contributed by atoms with Gasteiger partial charge in [0, 0.05) is 13.1 Å². The molecule has 2 atom stereocenters. The summed E-state index contributed by atoms with van der Waals surface area (Å²) in [4.78, 5) is 11.9. The van der Waals surface area contributed by atoms with E-state index in [1.807, 2.05) is 31.2 Å². The number of benzene rings is 1. The van der Waals surface area contributed by atoms with Crippen LogP contribution in [0.3, 0.4) is 0 Å². The molecule has 1 aromatic carbocycles. The number of rotatable bonds is 4. The fourth-order valence-electron chi connectivity index (χ4n) is 2.08. The fourth-order valence-corrected chi connectivity index (χ4v) is 2.08. The summed E-state index contributed by atoms with van der Waals surface area (Å²) in [6, 6.07) is 8.12. The fraction of sp³-hybridized carbons (Fsp3) is 0.500. The highest BCUT2D eigenvalue weighted by Gasteiger charge is 2.29. The molecule has 0 aliphatic carbocycles. The number of nitrogens with two attached hydrogens (primary N) is 1. The molecule has 1 fully saturated rings. The third-order valence-corrected chi connectivity index (χ3v) is 3.25. The van der Waals surface area contributed by atoms with Crippen molar-refractivity contribution in [2.75, 3.05) is 6.54 Å². The zero-order valence-corrected chi connectivity index (χ0v) is 10.7. The molecule has 1 aliphatic rings. The van der Waals surface area contributed by atoms with Crippen molar-refractivity contribution in [3.8, 4) is 0 Å². The van der Waals surface area contributed by atoms with E-state index in [4.69, 9.17) is 10.5 Å². The highest BCUT2D eigenvalue weighted by atomic mass is 16.5. The molecule has 4 nitrogen and oxygen atoms in total. The van der Waals surface area contributed by atoms with Crippen LogP contribution in [0.2, 0.25) is 0 Å². The molecule has 3 N–H and O–H groups in total. The Bertz CT molecular complexity index is 403. The Morgan fingerprint density at radius 2 is 2.11 bits per heavy atom. The second kappa shape index (κ2) is 5.98. The summed E-state index contributed by atoms with van der Waals surface area (Å²) in [5.41, 5.74) is 7.84. The van der Waals surface area contributed by atoms with E-state index < -0.39 is 0 Å². The van der Waals surface area contributed by atoms with Gasteiger partial charge >= 0.3 is 0 Å². The Morgan fingerprint density at radius 1 is 1.39 bits per heavy atom. The van der Waals surface area contributed by atoms with E-state index in [0.717, 1.165) is 18.4 Å². The molecule has 1 heterocycles. The predicted molar refractivity (Wildman–Crippen MR) is 70.0 cm³/mol. The van der Waals surface area contributed by atoms with Crippen LogP contribution in [0.5, 0.6) is 0 Å². The second-order valence-electron chi connectivity index (χ2n) is 4.76. The molecule has 2 unspecified atom stereocenters. The Kier molecular flexibility index (Phi) is 4.33. The zero-order valence-electron chi connectivity index (χ0n) is 10.7. The van der Waals surface area contributed by atoms with Crippen LogP contribution in [-0.2, 0) is 16.1 Å². The van der Waals surface area contributed by atoms with Crippen molar-refractivity contribution >= 4 is 5.91 Å². The second-order valence-corrected chi connectivity index (χ2v) is 4.76. The Balaban J connectivity index is 1.80. The summed E-state index contributed by atoms with van der Waals surface area (Å²) >= 11 is 0. The van der Waals surface area contributed by atoms with Crippen molar-refractivity contribution in [1.29, 1.82) is 0 Å². The number of carbonyl (C=O) groups excluding carboxylic acids is 1. The third-order valence-electron chi connectivity index (χ3n) is 3.25. The quantitative estimate of drug-likeness (QED) is 0.839. The molecule has 0 spiro atoms. The van der Waals surface area contributed by atoms with E-state index in [1.54, 1.807) is 0 Å². The molecule has 1 aromatic rings. The van der Waals surface area contributed by atoms with Gasteiger partial charge in [-0.15, -0.1) is 0 Å². The average Bonchev–Trinajstić information content (AvgIpc) is 2.86. The number of nitrogens with one attached hydrogen (secondary N) is 1. The van der Waals surface area contributed by atoms with Crippen molar-refractivity contribution in [2.24, 2.45) is 5.73 Å². The van der Waals surface area contributed by atoms with Crippen molar-refractivity contribution in [1.82, 2.24) is 5.32 Å². The van der Waals surface area contributed by atoms with Gasteiger partial charge in [-0.05, 0) is 25.3 Å². The average molecular weight is 248 g/mol. The van der Waals surface area contributed by atoms with E-state index in [2.05, 4.69) is 5.32 Å². The third kappa shape index (κ3) is 3.31. The lowest BCUT2D eigenvalue weighted by molar-refractivity contribution is -0.132. The molecule has 0 saturated carbocycles. The van der Waals surface area contributed by atoms with E-state index in [9.17, 15) is 4.79 Å². The summed E-state index contributed by atoms with van der Waals surface area (Å²) in [6.45, 7) is 3.08. The number of ether oxygens (including phenoxy) is 1. The molecule has 2 rings (SSSR count). The monoisotopic (exact) mass is 248 g/mol. The molecule has 0 aromatic heterocycles. The molecule has 4 heteroatoms. The van der Waals surface area contributed by atoms with Crippen LogP contribution in [0.4, 0.5) is 0 Å². The van der Waals surface area contributed by atoms with Gasteiger partial charge in [-0.25, -0.2) is 0 Å². The molecular weight excluding hydrogens is 228 g/mol. The minimum Gasteiger partial charge on any atom is -0.364 e. The molecule has 0 bridgehead atoms. The molecule has 0 radical (unpaired) electrons. The van der Waals surface area contributed by atoms with E-state index in [-0.39, 0.29) is 18.1 Å². The van der Waals surface area contributed by atoms with Gasteiger partial charge in [0.05, 0.1) is 6.10 Å². The molecular formula is C14H20N2O2. The van der Waals surface area contributed by atoms with Crippen molar-refractivity contribution in [3.05, 3.63) is 35.4 Å². The Labute approximate surface area is 108 Å². The van der Waals surface area contributed by atoms with Crippen molar-refractivity contribution in [3.63, 3.8) is 0 Å². The first kappa shape index (κ1) is 13.1. The summed E-state index contributed by atoms with van der Waals surface area (Å²) in [7, 11) is 0. The van der Waals surface area contributed by atoms with Crippen LogP contribution < -0.4 is 11.1 Å². The largest absolute Gasteiger partial charge is 0.364 e. The summed E-state index contributed by atoms with van der Waals surface area (Å²) in [5.74, 6) is -0.0356. The van der Waals surface area contributed by atoms with Crippen LogP contribution in [0, 0.1) is 6.92 Å². The smallest absolute Gasteiger partial charge is 0.249 e. The lowest BCUT2D eigenvalue weighted by atomic mass is 10.1.